The predicted molar refractivity (Wildman–Crippen MR) is 131 cm³/mol. The lowest BCUT2D eigenvalue weighted by molar-refractivity contribution is -0.0349. The molecule has 0 spiro atoms. The molecular weight excluding hydrogens is 408 g/mol. The number of ether oxygens (including phenoxy) is 1. The maximum absolute atomic E-state index is 10.5. The van der Waals surface area contributed by atoms with Crippen molar-refractivity contribution in [2.75, 3.05) is 13.1 Å². The van der Waals surface area contributed by atoms with Gasteiger partial charge in [0.15, 0.2) is 0 Å². The van der Waals surface area contributed by atoms with E-state index < -0.39 is 5.41 Å². The molecule has 4 heteroatoms. The monoisotopic (exact) mass is 438 g/mol. The Kier molecular flexibility index (Phi) is 6.53. The molecule has 3 aromatic rings. The molecule has 0 amide bonds. The fraction of sp³-hybridized carbons (Fsp3) is 0.276. The largest absolute Gasteiger partial charge is 0.508 e. The van der Waals surface area contributed by atoms with Crippen LogP contribution in [0.2, 0.25) is 0 Å². The van der Waals surface area contributed by atoms with Crippen molar-refractivity contribution >= 4 is 0 Å². The van der Waals surface area contributed by atoms with Gasteiger partial charge in [-0.1, -0.05) is 72.8 Å². The highest BCUT2D eigenvalue weighted by molar-refractivity contribution is 5.46. The summed E-state index contributed by atoms with van der Waals surface area (Å²) in [7, 11) is 0. The summed E-state index contributed by atoms with van der Waals surface area (Å²) in [6.45, 7) is 7.86. The molecule has 1 aliphatic rings. The minimum Gasteiger partial charge on any atom is -0.508 e. The topological polar surface area (TPSA) is 56.5 Å². The zero-order valence-corrected chi connectivity index (χ0v) is 19.0. The highest BCUT2D eigenvalue weighted by Crippen LogP contribution is 2.40. The van der Waals surface area contributed by atoms with E-state index in [2.05, 4.69) is 24.5 Å². The molecule has 168 valence electrons. The molecule has 1 atom stereocenters. The van der Waals surface area contributed by atoms with E-state index in [1.807, 2.05) is 72.8 Å². The van der Waals surface area contributed by atoms with Gasteiger partial charge in [-0.15, -0.1) is 6.58 Å². The first-order valence-electron chi connectivity index (χ1n) is 11.4. The standard InChI is InChI=1S/C29H30N2O2/c1-3-28(2,31-20-27(21-31)33-26-16-10-15-25(32)19-26)17-18-29(22-30,23-11-6-4-7-12-23)24-13-8-5-9-14-24/h3-16,19,27,32H,1,17-18,20-21H2,2H3. The van der Waals surface area contributed by atoms with Gasteiger partial charge in [0.25, 0.3) is 0 Å². The van der Waals surface area contributed by atoms with Crippen molar-refractivity contribution in [2.45, 2.75) is 36.8 Å². The van der Waals surface area contributed by atoms with Gasteiger partial charge in [-0.2, -0.15) is 5.26 Å². The molecule has 0 aliphatic carbocycles. The summed E-state index contributed by atoms with van der Waals surface area (Å²) in [5.74, 6) is 0.880. The molecular formula is C29H30N2O2. The number of rotatable bonds is 9. The van der Waals surface area contributed by atoms with E-state index in [1.165, 1.54) is 0 Å². The number of likely N-dealkylation sites (tertiary alicyclic amines) is 1. The van der Waals surface area contributed by atoms with Crippen LogP contribution in [0.25, 0.3) is 0 Å². The first kappa shape index (κ1) is 22.6. The van der Waals surface area contributed by atoms with Crippen molar-refractivity contribution in [1.82, 2.24) is 4.90 Å². The Morgan fingerprint density at radius 1 is 1.00 bits per heavy atom. The van der Waals surface area contributed by atoms with E-state index in [0.717, 1.165) is 30.6 Å². The number of nitriles is 1. The quantitative estimate of drug-likeness (QED) is 0.436. The van der Waals surface area contributed by atoms with Crippen LogP contribution in [-0.4, -0.2) is 34.7 Å². The molecule has 0 radical (unpaired) electrons. The molecule has 3 aromatic carbocycles. The SMILES string of the molecule is C=CC(C)(CCC(C#N)(c1ccccc1)c1ccccc1)N1CC(Oc2cccc(O)c2)C1. The fourth-order valence-electron chi connectivity index (χ4n) is 4.59. The third kappa shape index (κ3) is 4.65. The summed E-state index contributed by atoms with van der Waals surface area (Å²) in [6.07, 6.45) is 3.52. The van der Waals surface area contributed by atoms with Gasteiger partial charge < -0.3 is 9.84 Å². The Balaban J connectivity index is 1.50. The van der Waals surface area contributed by atoms with Crippen molar-refractivity contribution in [3.63, 3.8) is 0 Å². The molecule has 1 N–H and O–H groups in total. The van der Waals surface area contributed by atoms with Gasteiger partial charge in [-0.3, -0.25) is 4.90 Å². The number of phenolic OH excluding ortho intramolecular Hbond substituents is 1. The van der Waals surface area contributed by atoms with E-state index in [4.69, 9.17) is 4.74 Å². The number of hydrogen-bond acceptors (Lipinski definition) is 4. The van der Waals surface area contributed by atoms with Crippen LogP contribution >= 0.6 is 0 Å². The molecule has 0 bridgehead atoms. The second-order valence-corrected chi connectivity index (χ2v) is 8.95. The third-order valence-electron chi connectivity index (χ3n) is 6.86. The maximum Gasteiger partial charge on any atom is 0.124 e. The van der Waals surface area contributed by atoms with E-state index in [-0.39, 0.29) is 17.4 Å². The zero-order chi connectivity index (χ0) is 23.3. The number of nitrogens with zero attached hydrogens (tertiary/aromatic N) is 2. The summed E-state index contributed by atoms with van der Waals surface area (Å²) < 4.78 is 6.02. The van der Waals surface area contributed by atoms with Crippen LogP contribution in [0.4, 0.5) is 0 Å². The van der Waals surface area contributed by atoms with Gasteiger partial charge in [0.1, 0.15) is 23.0 Å². The van der Waals surface area contributed by atoms with E-state index >= 15 is 0 Å². The van der Waals surface area contributed by atoms with Crippen LogP contribution in [-0.2, 0) is 5.41 Å². The van der Waals surface area contributed by atoms with Crippen molar-refractivity contribution in [2.24, 2.45) is 0 Å². The van der Waals surface area contributed by atoms with Gasteiger partial charge in [-0.25, -0.2) is 0 Å². The van der Waals surface area contributed by atoms with Crippen LogP contribution in [0.5, 0.6) is 11.5 Å². The molecule has 1 aliphatic heterocycles. The Labute approximate surface area is 196 Å². The van der Waals surface area contributed by atoms with E-state index in [0.29, 0.717) is 12.2 Å². The van der Waals surface area contributed by atoms with Gasteiger partial charge >= 0.3 is 0 Å². The Morgan fingerprint density at radius 3 is 2.12 bits per heavy atom. The smallest absolute Gasteiger partial charge is 0.124 e. The van der Waals surface area contributed by atoms with E-state index in [9.17, 15) is 10.4 Å². The molecule has 0 saturated carbocycles. The summed E-state index contributed by atoms with van der Waals surface area (Å²) in [5, 5.41) is 20.1. The number of benzene rings is 3. The van der Waals surface area contributed by atoms with Crippen molar-refractivity contribution in [1.29, 1.82) is 5.26 Å². The van der Waals surface area contributed by atoms with Crippen molar-refractivity contribution < 1.29 is 9.84 Å². The summed E-state index contributed by atoms with van der Waals surface area (Å²) in [5.41, 5.74) is 1.04. The average Bonchev–Trinajstić information content (AvgIpc) is 2.83. The van der Waals surface area contributed by atoms with Crippen LogP contribution in [0, 0.1) is 11.3 Å². The highest BCUT2D eigenvalue weighted by atomic mass is 16.5. The lowest BCUT2D eigenvalue weighted by Crippen LogP contribution is -2.62. The van der Waals surface area contributed by atoms with Gasteiger partial charge in [0, 0.05) is 24.7 Å². The maximum atomic E-state index is 10.5. The summed E-state index contributed by atoms with van der Waals surface area (Å²) in [4.78, 5) is 2.35. The molecule has 1 heterocycles. The number of hydrogen-bond donors (Lipinski definition) is 1. The Hall–Kier alpha value is -3.55. The molecule has 1 fully saturated rings. The van der Waals surface area contributed by atoms with E-state index in [1.54, 1.807) is 18.2 Å². The first-order valence-corrected chi connectivity index (χ1v) is 11.4. The molecule has 4 rings (SSSR count). The van der Waals surface area contributed by atoms with Gasteiger partial charge in [-0.05, 0) is 43.0 Å². The molecule has 1 saturated heterocycles. The zero-order valence-electron chi connectivity index (χ0n) is 19.0. The summed E-state index contributed by atoms with van der Waals surface area (Å²) >= 11 is 0. The lowest BCUT2D eigenvalue weighted by Gasteiger charge is -2.50. The highest BCUT2D eigenvalue weighted by Gasteiger charge is 2.43. The first-order chi connectivity index (χ1) is 16.0. The number of aromatic hydroxyl groups is 1. The Morgan fingerprint density at radius 2 is 1.61 bits per heavy atom. The average molecular weight is 439 g/mol. The molecule has 4 nitrogen and oxygen atoms in total. The molecule has 33 heavy (non-hydrogen) atoms. The summed E-state index contributed by atoms with van der Waals surface area (Å²) in [6, 6.07) is 29.7. The third-order valence-corrected chi connectivity index (χ3v) is 6.86. The van der Waals surface area contributed by atoms with Crippen LogP contribution in [0.3, 0.4) is 0 Å². The normalized spacial score (nSPS) is 16.2. The van der Waals surface area contributed by atoms with Crippen LogP contribution in [0.1, 0.15) is 30.9 Å². The number of phenols is 1. The minimum absolute atomic E-state index is 0.0649. The fourth-order valence-corrected chi connectivity index (χ4v) is 4.59. The predicted octanol–water partition coefficient (Wildman–Crippen LogP) is 5.69. The molecule has 1 unspecified atom stereocenters. The second kappa shape index (κ2) is 9.52. The van der Waals surface area contributed by atoms with Crippen molar-refractivity contribution in [3.05, 3.63) is 109 Å². The van der Waals surface area contributed by atoms with Crippen LogP contribution < -0.4 is 4.74 Å². The lowest BCUT2D eigenvalue weighted by atomic mass is 9.70. The second-order valence-electron chi connectivity index (χ2n) is 8.95. The van der Waals surface area contributed by atoms with Crippen molar-refractivity contribution in [3.8, 4) is 17.6 Å². The van der Waals surface area contributed by atoms with Gasteiger partial charge in [0.05, 0.1) is 6.07 Å². The minimum atomic E-state index is -0.727. The Bertz CT molecular complexity index is 1080. The van der Waals surface area contributed by atoms with Crippen LogP contribution in [0.15, 0.2) is 97.6 Å². The molecule has 0 aromatic heterocycles. The van der Waals surface area contributed by atoms with Gasteiger partial charge in [0.2, 0.25) is 0 Å².